The smallest absolute Gasteiger partial charge is 0.226 e. The number of amides is 1. The minimum Gasteiger partial charge on any atom is -0.495 e. The second-order valence-electron chi connectivity index (χ2n) is 6.71. The summed E-state index contributed by atoms with van der Waals surface area (Å²) < 4.78 is 5.10. The zero-order valence-corrected chi connectivity index (χ0v) is 16.1. The van der Waals surface area contributed by atoms with Crippen LogP contribution in [-0.2, 0) is 4.79 Å². The summed E-state index contributed by atoms with van der Waals surface area (Å²) in [5.41, 5.74) is 0.647. The molecule has 0 unspecified atom stereocenters. The first-order chi connectivity index (χ1) is 11.2. The van der Waals surface area contributed by atoms with Crippen molar-refractivity contribution < 1.29 is 9.53 Å². The number of rotatable bonds is 5. The van der Waals surface area contributed by atoms with E-state index in [4.69, 9.17) is 28.6 Å². The van der Waals surface area contributed by atoms with E-state index in [2.05, 4.69) is 36.3 Å². The van der Waals surface area contributed by atoms with Crippen LogP contribution in [0.25, 0.3) is 0 Å². The van der Waals surface area contributed by atoms with Crippen LogP contribution in [0.2, 0.25) is 5.02 Å². The van der Waals surface area contributed by atoms with E-state index in [0.29, 0.717) is 40.6 Å². The molecule has 0 radical (unpaired) electrons. The maximum atomic E-state index is 12.2. The highest BCUT2D eigenvalue weighted by molar-refractivity contribution is 7.80. The molecule has 5 nitrogen and oxygen atoms in total. The zero-order chi connectivity index (χ0) is 17.9. The third kappa shape index (κ3) is 4.74. The standard InChI is InChI=1S/C17H24ClN3O2S/c1-11-10-17(2,3)20-16(24)21(11)8-7-15(22)19-12-5-6-14(23-4)13(18)9-12/h5-6,9,11H,7-8,10H2,1-4H3,(H,19,22)(H,20,24)/t11-/m1/s1. The molecule has 1 fully saturated rings. The van der Waals surface area contributed by atoms with Crippen LogP contribution in [0.15, 0.2) is 18.2 Å². The predicted octanol–water partition coefficient (Wildman–Crippen LogP) is 3.42. The van der Waals surface area contributed by atoms with Crippen molar-refractivity contribution >= 4 is 40.5 Å². The summed E-state index contributed by atoms with van der Waals surface area (Å²) in [6.45, 7) is 6.98. The van der Waals surface area contributed by atoms with Gasteiger partial charge in [-0.25, -0.2) is 0 Å². The van der Waals surface area contributed by atoms with Gasteiger partial charge in [0.05, 0.1) is 12.1 Å². The van der Waals surface area contributed by atoms with Gasteiger partial charge in [-0.2, -0.15) is 0 Å². The highest BCUT2D eigenvalue weighted by atomic mass is 35.5. The average molecular weight is 370 g/mol. The lowest BCUT2D eigenvalue weighted by molar-refractivity contribution is -0.116. The van der Waals surface area contributed by atoms with Crippen LogP contribution >= 0.6 is 23.8 Å². The Balaban J connectivity index is 1.89. The fourth-order valence-corrected chi connectivity index (χ4v) is 3.78. The molecular formula is C17H24ClN3O2S. The monoisotopic (exact) mass is 369 g/mol. The van der Waals surface area contributed by atoms with Gasteiger partial charge in [-0.3, -0.25) is 4.79 Å². The average Bonchev–Trinajstić information content (AvgIpc) is 2.45. The summed E-state index contributed by atoms with van der Waals surface area (Å²) in [7, 11) is 1.55. The number of nitrogens with zero attached hydrogens (tertiary/aromatic N) is 1. The van der Waals surface area contributed by atoms with Crippen molar-refractivity contribution in [1.29, 1.82) is 0 Å². The van der Waals surface area contributed by atoms with Crippen molar-refractivity contribution in [3.63, 3.8) is 0 Å². The second kappa shape index (κ2) is 7.57. The Morgan fingerprint density at radius 3 is 2.83 bits per heavy atom. The number of carbonyl (C=O) groups excluding carboxylic acids is 1. The summed E-state index contributed by atoms with van der Waals surface area (Å²) in [5.74, 6) is 0.506. The van der Waals surface area contributed by atoms with Crippen molar-refractivity contribution in [2.24, 2.45) is 0 Å². The van der Waals surface area contributed by atoms with Gasteiger partial charge in [0.2, 0.25) is 5.91 Å². The summed E-state index contributed by atoms with van der Waals surface area (Å²) in [6, 6.07) is 5.47. The first-order valence-electron chi connectivity index (χ1n) is 7.94. The Bertz CT molecular complexity index is 636. The SMILES string of the molecule is COc1ccc(NC(=O)CCN2C(=S)NC(C)(C)C[C@H]2C)cc1Cl. The molecule has 2 N–H and O–H groups in total. The summed E-state index contributed by atoms with van der Waals surface area (Å²) in [6.07, 6.45) is 1.33. The molecular weight excluding hydrogens is 346 g/mol. The summed E-state index contributed by atoms with van der Waals surface area (Å²) in [4.78, 5) is 14.3. The maximum absolute atomic E-state index is 12.2. The molecule has 1 aromatic rings. The van der Waals surface area contributed by atoms with Gasteiger partial charge in [0.25, 0.3) is 0 Å². The lowest BCUT2D eigenvalue weighted by atomic mass is 9.93. The molecule has 1 amide bonds. The molecule has 1 heterocycles. The van der Waals surface area contributed by atoms with E-state index in [1.165, 1.54) is 0 Å². The van der Waals surface area contributed by atoms with Crippen molar-refractivity contribution in [3.8, 4) is 5.75 Å². The van der Waals surface area contributed by atoms with Crippen LogP contribution in [0.4, 0.5) is 5.69 Å². The van der Waals surface area contributed by atoms with Crippen LogP contribution in [-0.4, -0.2) is 41.2 Å². The van der Waals surface area contributed by atoms with E-state index < -0.39 is 0 Å². The molecule has 1 aromatic carbocycles. The molecule has 132 valence electrons. The Kier molecular flexibility index (Phi) is 5.93. The minimum absolute atomic E-state index is 0.00486. The molecule has 1 aliphatic rings. The molecule has 0 bridgehead atoms. The van der Waals surface area contributed by atoms with E-state index >= 15 is 0 Å². The highest BCUT2D eigenvalue weighted by Gasteiger charge is 2.32. The number of methoxy groups -OCH3 is 1. The minimum atomic E-state index is -0.0731. The molecule has 0 saturated carbocycles. The molecule has 0 aliphatic carbocycles. The molecule has 0 aromatic heterocycles. The number of carbonyl (C=O) groups is 1. The van der Waals surface area contributed by atoms with E-state index in [0.717, 1.165) is 6.42 Å². The van der Waals surface area contributed by atoms with Crippen molar-refractivity contribution in [2.75, 3.05) is 19.0 Å². The van der Waals surface area contributed by atoms with Crippen LogP contribution in [0.3, 0.4) is 0 Å². The quantitative estimate of drug-likeness (QED) is 0.779. The van der Waals surface area contributed by atoms with Gasteiger partial charge in [0, 0.05) is 30.2 Å². The molecule has 1 atom stereocenters. The molecule has 1 aliphatic heterocycles. The third-order valence-electron chi connectivity index (χ3n) is 4.06. The van der Waals surface area contributed by atoms with Gasteiger partial charge in [-0.05, 0) is 57.6 Å². The maximum Gasteiger partial charge on any atom is 0.226 e. The van der Waals surface area contributed by atoms with Gasteiger partial charge in [0.1, 0.15) is 5.75 Å². The third-order valence-corrected chi connectivity index (χ3v) is 4.69. The number of anilines is 1. The van der Waals surface area contributed by atoms with E-state index in [-0.39, 0.29) is 11.4 Å². The first-order valence-corrected chi connectivity index (χ1v) is 8.72. The molecule has 1 saturated heterocycles. The largest absolute Gasteiger partial charge is 0.495 e. The normalized spacial score (nSPS) is 19.6. The molecule has 0 spiro atoms. The molecule has 2 rings (SSSR count). The summed E-state index contributed by atoms with van der Waals surface area (Å²) in [5, 5.41) is 7.35. The van der Waals surface area contributed by atoms with Crippen molar-refractivity contribution in [3.05, 3.63) is 23.2 Å². The number of halogens is 1. The lowest BCUT2D eigenvalue weighted by Crippen LogP contribution is -2.60. The van der Waals surface area contributed by atoms with Crippen molar-refractivity contribution in [2.45, 2.75) is 45.2 Å². The molecule has 7 heteroatoms. The van der Waals surface area contributed by atoms with E-state index in [1.807, 2.05) is 0 Å². The van der Waals surface area contributed by atoms with Gasteiger partial charge < -0.3 is 20.3 Å². The fourth-order valence-electron chi connectivity index (χ4n) is 2.97. The number of benzene rings is 1. The Labute approximate surface area is 153 Å². The number of hydrogen-bond donors (Lipinski definition) is 2. The number of ether oxygens (including phenoxy) is 1. The lowest BCUT2D eigenvalue weighted by Gasteiger charge is -2.44. The van der Waals surface area contributed by atoms with Crippen LogP contribution in [0.5, 0.6) is 5.75 Å². The van der Waals surface area contributed by atoms with Crippen LogP contribution in [0, 0.1) is 0 Å². The molecule has 24 heavy (non-hydrogen) atoms. The highest BCUT2D eigenvalue weighted by Crippen LogP contribution is 2.27. The van der Waals surface area contributed by atoms with Crippen LogP contribution < -0.4 is 15.4 Å². The number of thiocarbonyl (C=S) groups is 1. The van der Waals surface area contributed by atoms with Gasteiger partial charge in [-0.1, -0.05) is 11.6 Å². The topological polar surface area (TPSA) is 53.6 Å². The second-order valence-corrected chi connectivity index (χ2v) is 7.50. The van der Waals surface area contributed by atoms with Gasteiger partial charge >= 0.3 is 0 Å². The van der Waals surface area contributed by atoms with Crippen LogP contribution in [0.1, 0.15) is 33.6 Å². The number of hydrogen-bond acceptors (Lipinski definition) is 3. The fraction of sp³-hybridized carbons (Fsp3) is 0.529. The summed E-state index contributed by atoms with van der Waals surface area (Å²) >= 11 is 11.5. The van der Waals surface area contributed by atoms with E-state index in [1.54, 1.807) is 25.3 Å². The predicted molar refractivity (Wildman–Crippen MR) is 102 cm³/mol. The van der Waals surface area contributed by atoms with Gasteiger partial charge in [0.15, 0.2) is 5.11 Å². The van der Waals surface area contributed by atoms with Crippen molar-refractivity contribution in [1.82, 2.24) is 10.2 Å². The number of nitrogens with one attached hydrogen (secondary N) is 2. The Morgan fingerprint density at radius 1 is 1.54 bits per heavy atom. The zero-order valence-electron chi connectivity index (χ0n) is 14.5. The Morgan fingerprint density at radius 2 is 2.25 bits per heavy atom. The van der Waals surface area contributed by atoms with E-state index in [9.17, 15) is 4.79 Å². The first kappa shape index (κ1) is 18.8. The van der Waals surface area contributed by atoms with Gasteiger partial charge in [-0.15, -0.1) is 0 Å². The Hall–Kier alpha value is -1.53.